The number of amides is 1. The van der Waals surface area contributed by atoms with E-state index in [1.807, 2.05) is 5.38 Å². The van der Waals surface area contributed by atoms with Crippen LogP contribution in [0.5, 0.6) is 0 Å². The summed E-state index contributed by atoms with van der Waals surface area (Å²) in [5.74, 6) is 2.12. The molecule has 0 spiro atoms. The topological polar surface area (TPSA) is 42.0 Å². The summed E-state index contributed by atoms with van der Waals surface area (Å²) in [6, 6.07) is 0. The van der Waals surface area contributed by atoms with Crippen molar-refractivity contribution in [3.8, 4) is 0 Å². The van der Waals surface area contributed by atoms with Crippen LogP contribution in [0.25, 0.3) is 0 Å². The summed E-state index contributed by atoms with van der Waals surface area (Å²) in [5, 5.41) is 5.51. The van der Waals surface area contributed by atoms with Crippen molar-refractivity contribution in [1.82, 2.24) is 4.98 Å². The standard InChI is InChI=1S/C12H15ClN2OS/c13-5-7-6-17-12(14-7)15-11(16)10-8-3-1-2-4-9(8)10/h6,8-10H,1-5H2,(H,14,15,16). The zero-order valence-corrected chi connectivity index (χ0v) is 11.1. The van der Waals surface area contributed by atoms with Crippen molar-refractivity contribution < 1.29 is 4.79 Å². The minimum atomic E-state index is 0.164. The lowest BCUT2D eigenvalue weighted by Crippen LogP contribution is -2.15. The Bertz CT molecular complexity index is 422. The molecule has 17 heavy (non-hydrogen) atoms. The lowest BCUT2D eigenvalue weighted by molar-refractivity contribution is -0.117. The number of fused-ring (bicyclic) bond motifs is 1. The quantitative estimate of drug-likeness (QED) is 0.857. The van der Waals surface area contributed by atoms with Crippen molar-refractivity contribution in [2.24, 2.45) is 17.8 Å². The zero-order chi connectivity index (χ0) is 11.8. The molecule has 1 heterocycles. The van der Waals surface area contributed by atoms with Gasteiger partial charge in [-0.05, 0) is 24.7 Å². The molecule has 2 aliphatic rings. The number of hydrogen-bond donors (Lipinski definition) is 1. The third kappa shape index (κ3) is 2.20. The van der Waals surface area contributed by atoms with Crippen LogP contribution in [0.15, 0.2) is 5.38 Å². The second-order valence-electron chi connectivity index (χ2n) is 4.90. The van der Waals surface area contributed by atoms with Gasteiger partial charge in [-0.1, -0.05) is 12.8 Å². The van der Waals surface area contributed by atoms with Gasteiger partial charge in [-0.3, -0.25) is 4.79 Å². The van der Waals surface area contributed by atoms with Crippen molar-refractivity contribution in [1.29, 1.82) is 0 Å². The van der Waals surface area contributed by atoms with Crippen LogP contribution in [0.4, 0.5) is 5.13 Å². The van der Waals surface area contributed by atoms with Crippen LogP contribution < -0.4 is 5.32 Å². The van der Waals surface area contributed by atoms with Crippen molar-refractivity contribution in [3.05, 3.63) is 11.1 Å². The molecule has 0 saturated heterocycles. The van der Waals surface area contributed by atoms with E-state index in [4.69, 9.17) is 11.6 Å². The smallest absolute Gasteiger partial charge is 0.229 e. The van der Waals surface area contributed by atoms with Gasteiger partial charge in [0.1, 0.15) is 0 Å². The summed E-state index contributed by atoms with van der Waals surface area (Å²) in [5.41, 5.74) is 0.833. The summed E-state index contributed by atoms with van der Waals surface area (Å²) >= 11 is 7.14. The first kappa shape index (κ1) is 11.5. The molecule has 3 rings (SSSR count). The van der Waals surface area contributed by atoms with Crippen molar-refractivity contribution in [3.63, 3.8) is 0 Å². The average molecular weight is 271 g/mol. The van der Waals surface area contributed by atoms with E-state index in [1.54, 1.807) is 0 Å². The SMILES string of the molecule is O=C(Nc1nc(CCl)cs1)C1C2CCCCC21. The fourth-order valence-corrected chi connectivity index (χ4v) is 3.94. The number of nitrogens with zero attached hydrogens (tertiary/aromatic N) is 1. The van der Waals surface area contributed by atoms with E-state index in [0.29, 0.717) is 22.8 Å². The van der Waals surface area contributed by atoms with Gasteiger partial charge in [0.15, 0.2) is 5.13 Å². The summed E-state index contributed by atoms with van der Waals surface area (Å²) in [7, 11) is 0. The molecule has 92 valence electrons. The predicted molar refractivity (Wildman–Crippen MR) is 69.2 cm³/mol. The van der Waals surface area contributed by atoms with Crippen molar-refractivity contribution in [2.45, 2.75) is 31.6 Å². The van der Waals surface area contributed by atoms with Gasteiger partial charge in [-0.2, -0.15) is 0 Å². The molecule has 0 aliphatic heterocycles. The normalized spacial score (nSPS) is 30.8. The van der Waals surface area contributed by atoms with Gasteiger partial charge in [-0.15, -0.1) is 22.9 Å². The molecule has 2 fully saturated rings. The number of hydrogen-bond acceptors (Lipinski definition) is 3. The predicted octanol–water partition coefficient (Wildman–Crippen LogP) is 3.26. The Morgan fingerprint density at radius 2 is 2.18 bits per heavy atom. The first-order chi connectivity index (χ1) is 8.29. The Morgan fingerprint density at radius 3 is 2.76 bits per heavy atom. The van der Waals surface area contributed by atoms with Crippen LogP contribution >= 0.6 is 22.9 Å². The number of nitrogens with one attached hydrogen (secondary N) is 1. The van der Waals surface area contributed by atoms with E-state index < -0.39 is 0 Å². The van der Waals surface area contributed by atoms with Crippen LogP contribution in [0.3, 0.4) is 0 Å². The molecule has 0 radical (unpaired) electrons. The van der Waals surface area contributed by atoms with Crippen LogP contribution in [0, 0.1) is 17.8 Å². The molecule has 2 aliphatic carbocycles. The van der Waals surface area contributed by atoms with Gasteiger partial charge in [0.2, 0.25) is 5.91 Å². The van der Waals surface area contributed by atoms with Crippen LogP contribution in [-0.2, 0) is 10.7 Å². The second-order valence-corrected chi connectivity index (χ2v) is 6.03. The van der Waals surface area contributed by atoms with Crippen LogP contribution in [0.1, 0.15) is 31.4 Å². The van der Waals surface area contributed by atoms with Gasteiger partial charge in [0.25, 0.3) is 0 Å². The Morgan fingerprint density at radius 1 is 1.47 bits per heavy atom. The molecule has 2 atom stereocenters. The number of thiazole rings is 1. The number of carbonyl (C=O) groups excluding carboxylic acids is 1. The molecule has 1 aromatic rings. The van der Waals surface area contributed by atoms with E-state index >= 15 is 0 Å². The highest BCUT2D eigenvalue weighted by Crippen LogP contribution is 2.55. The maximum Gasteiger partial charge on any atom is 0.229 e. The third-order valence-electron chi connectivity index (χ3n) is 3.88. The lowest BCUT2D eigenvalue weighted by Gasteiger charge is -2.04. The third-order valence-corrected chi connectivity index (χ3v) is 4.96. The number of halogens is 1. The molecule has 5 heteroatoms. The first-order valence-corrected chi connectivity index (χ1v) is 7.52. The fourth-order valence-electron chi connectivity index (χ4n) is 3.00. The van der Waals surface area contributed by atoms with Crippen LogP contribution in [-0.4, -0.2) is 10.9 Å². The largest absolute Gasteiger partial charge is 0.302 e. The minimum Gasteiger partial charge on any atom is -0.302 e. The summed E-state index contributed by atoms with van der Waals surface area (Å²) in [4.78, 5) is 16.3. The van der Waals surface area contributed by atoms with Crippen molar-refractivity contribution in [2.75, 3.05) is 5.32 Å². The van der Waals surface area contributed by atoms with E-state index in [0.717, 1.165) is 5.69 Å². The van der Waals surface area contributed by atoms with Crippen LogP contribution in [0.2, 0.25) is 0 Å². The highest BCUT2D eigenvalue weighted by molar-refractivity contribution is 7.14. The summed E-state index contributed by atoms with van der Waals surface area (Å²) in [6.45, 7) is 0. The maximum atomic E-state index is 12.1. The Balaban J connectivity index is 1.60. The summed E-state index contributed by atoms with van der Waals surface area (Å²) < 4.78 is 0. The van der Waals surface area contributed by atoms with Gasteiger partial charge in [0.05, 0.1) is 11.6 Å². The minimum absolute atomic E-state index is 0.164. The molecular formula is C12H15ClN2OS. The van der Waals surface area contributed by atoms with E-state index in [9.17, 15) is 4.79 Å². The molecule has 0 bridgehead atoms. The number of anilines is 1. The number of alkyl halides is 1. The number of rotatable bonds is 3. The molecular weight excluding hydrogens is 256 g/mol. The van der Waals surface area contributed by atoms with Crippen molar-refractivity contribution >= 4 is 34.0 Å². The molecule has 2 unspecified atom stereocenters. The second kappa shape index (κ2) is 4.58. The maximum absolute atomic E-state index is 12.1. The number of aromatic nitrogens is 1. The molecule has 1 N–H and O–H groups in total. The fraction of sp³-hybridized carbons (Fsp3) is 0.667. The highest BCUT2D eigenvalue weighted by Gasteiger charge is 2.54. The molecule has 0 aromatic carbocycles. The lowest BCUT2D eigenvalue weighted by atomic mass is 10.0. The number of carbonyl (C=O) groups is 1. The summed E-state index contributed by atoms with van der Waals surface area (Å²) in [6.07, 6.45) is 5.04. The van der Waals surface area contributed by atoms with Gasteiger partial charge in [0, 0.05) is 11.3 Å². The Hall–Kier alpha value is -0.610. The first-order valence-electron chi connectivity index (χ1n) is 6.11. The monoisotopic (exact) mass is 270 g/mol. The van der Waals surface area contributed by atoms with E-state index in [1.165, 1.54) is 37.0 Å². The van der Waals surface area contributed by atoms with Gasteiger partial charge < -0.3 is 5.32 Å². The highest BCUT2D eigenvalue weighted by atomic mass is 35.5. The molecule has 3 nitrogen and oxygen atoms in total. The Kier molecular flexibility index (Phi) is 3.09. The van der Waals surface area contributed by atoms with Gasteiger partial charge >= 0.3 is 0 Å². The van der Waals surface area contributed by atoms with E-state index in [2.05, 4.69) is 10.3 Å². The van der Waals surface area contributed by atoms with Gasteiger partial charge in [-0.25, -0.2) is 4.98 Å². The Labute approximate surface area is 110 Å². The molecule has 1 amide bonds. The average Bonchev–Trinajstić information content (AvgIpc) is 2.92. The molecule has 1 aromatic heterocycles. The molecule has 2 saturated carbocycles. The zero-order valence-electron chi connectivity index (χ0n) is 9.49. The van der Waals surface area contributed by atoms with E-state index in [-0.39, 0.29) is 11.8 Å².